The number of rotatable bonds is 7. The fourth-order valence-corrected chi connectivity index (χ4v) is 6.16. The molecular formula is C31H26BrClN2O4S. The van der Waals surface area contributed by atoms with E-state index in [-0.39, 0.29) is 12.2 Å². The molecule has 0 bridgehead atoms. The van der Waals surface area contributed by atoms with E-state index in [1.54, 1.807) is 18.4 Å². The van der Waals surface area contributed by atoms with Crippen LogP contribution in [0.5, 0.6) is 5.75 Å². The first kappa shape index (κ1) is 28.1. The molecule has 0 amide bonds. The highest BCUT2D eigenvalue weighted by molar-refractivity contribution is 9.10. The average Bonchev–Trinajstić information content (AvgIpc) is 3.23. The summed E-state index contributed by atoms with van der Waals surface area (Å²) in [5.74, 6) is 0.212. The quantitative estimate of drug-likeness (QED) is 0.230. The highest BCUT2D eigenvalue weighted by Crippen LogP contribution is 2.31. The molecule has 0 saturated carbocycles. The number of halogens is 2. The Bertz CT molecular complexity index is 1790. The fourth-order valence-electron chi connectivity index (χ4n) is 4.47. The lowest BCUT2D eigenvalue weighted by Gasteiger charge is -2.24. The molecule has 204 valence electrons. The van der Waals surface area contributed by atoms with Crippen molar-refractivity contribution in [1.82, 2.24) is 4.57 Å². The lowest BCUT2D eigenvalue weighted by atomic mass is 9.95. The second kappa shape index (κ2) is 12.0. The van der Waals surface area contributed by atoms with Gasteiger partial charge in [-0.25, -0.2) is 9.79 Å². The van der Waals surface area contributed by atoms with Crippen LogP contribution in [0.2, 0.25) is 5.02 Å². The van der Waals surface area contributed by atoms with E-state index >= 15 is 0 Å². The molecule has 1 aliphatic rings. The minimum Gasteiger partial charge on any atom is -0.488 e. The van der Waals surface area contributed by atoms with Crippen LogP contribution in [0.3, 0.4) is 0 Å². The summed E-state index contributed by atoms with van der Waals surface area (Å²) in [7, 11) is 0. The van der Waals surface area contributed by atoms with Crippen LogP contribution in [0.1, 0.15) is 42.1 Å². The zero-order valence-corrected chi connectivity index (χ0v) is 25.3. The monoisotopic (exact) mass is 636 g/mol. The van der Waals surface area contributed by atoms with Crippen LogP contribution >= 0.6 is 38.9 Å². The number of esters is 1. The number of nitrogens with zero attached hydrogens (tertiary/aromatic N) is 2. The highest BCUT2D eigenvalue weighted by atomic mass is 79.9. The third-order valence-corrected chi connectivity index (χ3v) is 8.33. The highest BCUT2D eigenvalue weighted by Gasteiger charge is 2.33. The SMILES string of the molecule is CCOC(=O)C1=C(C)N=c2s/c(=C/c3ccc(OCc4ccc(Cl)cc4)c(Br)c3)c(=O)n2[C@H]1c1ccc(C)cc1. The van der Waals surface area contributed by atoms with Gasteiger partial charge in [-0.1, -0.05) is 71.0 Å². The predicted molar refractivity (Wildman–Crippen MR) is 162 cm³/mol. The van der Waals surface area contributed by atoms with E-state index in [9.17, 15) is 9.59 Å². The summed E-state index contributed by atoms with van der Waals surface area (Å²) >= 11 is 10.8. The maximum Gasteiger partial charge on any atom is 0.338 e. The van der Waals surface area contributed by atoms with Gasteiger partial charge in [-0.2, -0.15) is 0 Å². The molecule has 1 aliphatic heterocycles. The molecule has 0 spiro atoms. The Kier molecular flexibility index (Phi) is 8.40. The minimum atomic E-state index is -0.631. The number of thiazole rings is 1. The minimum absolute atomic E-state index is 0.220. The van der Waals surface area contributed by atoms with E-state index in [1.165, 1.54) is 11.3 Å². The Morgan fingerprint density at radius 3 is 2.50 bits per heavy atom. The molecule has 3 aromatic carbocycles. The summed E-state index contributed by atoms with van der Waals surface area (Å²) in [6, 6.07) is 20.3. The van der Waals surface area contributed by atoms with Crippen molar-refractivity contribution in [3.63, 3.8) is 0 Å². The predicted octanol–water partition coefficient (Wildman–Crippen LogP) is 6.10. The van der Waals surface area contributed by atoms with Gasteiger partial charge in [0.2, 0.25) is 0 Å². The van der Waals surface area contributed by atoms with Gasteiger partial charge in [0.05, 0.1) is 32.9 Å². The first-order valence-electron chi connectivity index (χ1n) is 12.7. The van der Waals surface area contributed by atoms with Crippen molar-refractivity contribution in [3.8, 4) is 5.75 Å². The van der Waals surface area contributed by atoms with E-state index in [0.717, 1.165) is 26.7 Å². The third kappa shape index (κ3) is 5.84. The number of fused-ring (bicyclic) bond motifs is 1. The van der Waals surface area contributed by atoms with Crippen molar-refractivity contribution in [1.29, 1.82) is 0 Å². The van der Waals surface area contributed by atoms with Gasteiger partial charge in [0.25, 0.3) is 5.56 Å². The van der Waals surface area contributed by atoms with Gasteiger partial charge in [0.15, 0.2) is 4.80 Å². The fraction of sp³-hybridized carbons (Fsp3) is 0.194. The molecule has 9 heteroatoms. The second-order valence-electron chi connectivity index (χ2n) is 9.32. The lowest BCUT2D eigenvalue weighted by Crippen LogP contribution is -2.39. The van der Waals surface area contributed by atoms with Crippen molar-refractivity contribution in [3.05, 3.63) is 129 Å². The van der Waals surface area contributed by atoms with Crippen LogP contribution in [0.4, 0.5) is 0 Å². The van der Waals surface area contributed by atoms with Gasteiger partial charge in [-0.3, -0.25) is 9.36 Å². The Balaban J connectivity index is 1.51. The molecule has 6 nitrogen and oxygen atoms in total. The zero-order valence-electron chi connectivity index (χ0n) is 22.1. The summed E-state index contributed by atoms with van der Waals surface area (Å²) in [6.07, 6.45) is 1.83. The number of carbonyl (C=O) groups is 1. The molecule has 1 atom stereocenters. The van der Waals surface area contributed by atoms with Crippen LogP contribution in [0.25, 0.3) is 6.08 Å². The lowest BCUT2D eigenvalue weighted by molar-refractivity contribution is -0.139. The molecular weight excluding hydrogens is 612 g/mol. The molecule has 0 aliphatic carbocycles. The number of hydrogen-bond acceptors (Lipinski definition) is 6. The molecule has 40 heavy (non-hydrogen) atoms. The molecule has 0 unspecified atom stereocenters. The maximum atomic E-state index is 13.8. The zero-order chi connectivity index (χ0) is 28.4. The smallest absolute Gasteiger partial charge is 0.338 e. The number of aromatic nitrogens is 1. The second-order valence-corrected chi connectivity index (χ2v) is 11.6. The van der Waals surface area contributed by atoms with E-state index in [2.05, 4.69) is 20.9 Å². The number of allylic oxidation sites excluding steroid dienone is 1. The van der Waals surface area contributed by atoms with Crippen LogP contribution in [0.15, 0.2) is 92.3 Å². The van der Waals surface area contributed by atoms with Crippen molar-refractivity contribution in [2.24, 2.45) is 4.99 Å². The molecule has 0 saturated heterocycles. The first-order valence-corrected chi connectivity index (χ1v) is 14.7. The van der Waals surface area contributed by atoms with Gasteiger partial charge in [-0.15, -0.1) is 0 Å². The van der Waals surface area contributed by atoms with E-state index < -0.39 is 12.0 Å². The van der Waals surface area contributed by atoms with Gasteiger partial charge in [-0.05, 0) is 83.7 Å². The number of benzene rings is 3. The third-order valence-electron chi connectivity index (χ3n) is 6.47. The standard InChI is InChI=1S/C31H26BrClN2O4S/c1-4-38-30(37)27-19(3)34-31-35(28(27)22-10-5-18(2)6-11-22)29(36)26(40-31)16-21-9-14-25(24(32)15-21)39-17-20-7-12-23(33)13-8-20/h5-16,28H,4,17H2,1-3H3/b26-16+/t28-/m0/s1. The number of carbonyl (C=O) groups excluding carboxylic acids is 1. The Labute approximate surface area is 249 Å². The summed E-state index contributed by atoms with van der Waals surface area (Å²) < 4.78 is 14.2. The molecule has 0 fully saturated rings. The summed E-state index contributed by atoms with van der Waals surface area (Å²) in [5, 5.41) is 0.678. The van der Waals surface area contributed by atoms with Crippen LogP contribution in [-0.4, -0.2) is 17.1 Å². The van der Waals surface area contributed by atoms with Gasteiger partial charge >= 0.3 is 5.97 Å². The van der Waals surface area contributed by atoms with E-state index in [0.29, 0.717) is 38.0 Å². The Morgan fingerprint density at radius 2 is 1.82 bits per heavy atom. The van der Waals surface area contributed by atoms with E-state index in [1.807, 2.05) is 79.7 Å². The molecule has 2 heterocycles. The summed E-state index contributed by atoms with van der Waals surface area (Å²) in [6.45, 7) is 6.17. The maximum absolute atomic E-state index is 13.8. The topological polar surface area (TPSA) is 69.9 Å². The van der Waals surface area contributed by atoms with Crippen molar-refractivity contribution in [2.45, 2.75) is 33.4 Å². The largest absolute Gasteiger partial charge is 0.488 e. The normalized spacial score (nSPS) is 15.0. The Morgan fingerprint density at radius 1 is 1.10 bits per heavy atom. The van der Waals surface area contributed by atoms with Crippen LogP contribution < -0.4 is 19.6 Å². The molecule has 4 aromatic rings. The van der Waals surface area contributed by atoms with E-state index in [4.69, 9.17) is 21.1 Å². The molecule has 0 N–H and O–H groups in total. The molecule has 1 aromatic heterocycles. The van der Waals surface area contributed by atoms with Crippen LogP contribution in [-0.2, 0) is 16.1 Å². The van der Waals surface area contributed by atoms with Crippen molar-refractivity contribution >= 4 is 50.9 Å². The van der Waals surface area contributed by atoms with Gasteiger partial charge < -0.3 is 9.47 Å². The summed E-state index contributed by atoms with van der Waals surface area (Å²) in [4.78, 5) is 32.0. The summed E-state index contributed by atoms with van der Waals surface area (Å²) in [5.41, 5.74) is 4.42. The molecule has 5 rings (SSSR count). The van der Waals surface area contributed by atoms with Crippen molar-refractivity contribution in [2.75, 3.05) is 6.61 Å². The average molecular weight is 638 g/mol. The number of aryl methyl sites for hydroxylation is 1. The van der Waals surface area contributed by atoms with Gasteiger partial charge in [0, 0.05) is 5.02 Å². The van der Waals surface area contributed by atoms with Gasteiger partial charge in [0.1, 0.15) is 12.4 Å². The first-order chi connectivity index (χ1) is 19.2. The Hall–Kier alpha value is -3.46. The molecule has 0 radical (unpaired) electrons. The van der Waals surface area contributed by atoms with Crippen molar-refractivity contribution < 1.29 is 14.3 Å². The number of hydrogen-bond donors (Lipinski definition) is 0. The number of ether oxygens (including phenoxy) is 2. The van der Waals surface area contributed by atoms with Crippen LogP contribution in [0, 0.1) is 6.92 Å².